The van der Waals surface area contributed by atoms with Crippen LogP contribution in [-0.4, -0.2) is 108 Å². The Morgan fingerprint density at radius 1 is 0.968 bits per heavy atom. The number of carbonyl (C=O) groups is 1. The van der Waals surface area contributed by atoms with Crippen molar-refractivity contribution >= 4 is 5.97 Å². The Kier molecular flexibility index (Phi) is 8.41. The molecule has 3 rings (SSSR count). The van der Waals surface area contributed by atoms with E-state index in [9.17, 15) is 20.1 Å². The number of phenols is 1. The zero-order valence-electron chi connectivity index (χ0n) is 15.9. The number of aliphatic hydroxyl groups excluding tert-OH is 8. The van der Waals surface area contributed by atoms with E-state index in [1.165, 1.54) is 24.3 Å². The van der Waals surface area contributed by atoms with Crippen LogP contribution < -0.4 is 4.74 Å². The molecular formula is C18H24O13. The lowest BCUT2D eigenvalue weighted by Crippen LogP contribution is -2.60. The average molecular weight is 448 g/mol. The highest BCUT2D eigenvalue weighted by Crippen LogP contribution is 2.25. The van der Waals surface area contributed by atoms with E-state index >= 15 is 0 Å². The minimum Gasteiger partial charge on any atom is -0.508 e. The van der Waals surface area contributed by atoms with Crippen molar-refractivity contribution in [3.05, 3.63) is 35.8 Å². The molecule has 0 unspecified atom stereocenters. The van der Waals surface area contributed by atoms with Gasteiger partial charge in [0.2, 0.25) is 12.0 Å². The molecule has 7 atom stereocenters. The number of hydrogen-bond donors (Lipinski definition) is 9. The summed E-state index contributed by atoms with van der Waals surface area (Å²) in [6, 6.07) is 5.69. The van der Waals surface area contributed by atoms with E-state index in [1.54, 1.807) is 0 Å². The molecule has 174 valence electrons. The highest BCUT2D eigenvalue weighted by molar-refractivity contribution is 5.89. The number of rotatable bonds is 5. The van der Waals surface area contributed by atoms with Crippen molar-refractivity contribution in [3.8, 4) is 11.5 Å². The Labute approximate surface area is 175 Å². The molecule has 2 aliphatic heterocycles. The molecule has 1 fully saturated rings. The van der Waals surface area contributed by atoms with Crippen LogP contribution in [0.2, 0.25) is 0 Å². The molecule has 9 N–H and O–H groups in total. The van der Waals surface area contributed by atoms with Gasteiger partial charge in [0.15, 0.2) is 11.9 Å². The van der Waals surface area contributed by atoms with Crippen LogP contribution in [0.25, 0.3) is 0 Å². The molecule has 13 heteroatoms. The van der Waals surface area contributed by atoms with Gasteiger partial charge in [-0.2, -0.15) is 0 Å². The number of hydrogen-bond acceptors (Lipinski definition) is 13. The van der Waals surface area contributed by atoms with Gasteiger partial charge in [-0.05, 0) is 24.3 Å². The molecule has 13 nitrogen and oxygen atoms in total. The van der Waals surface area contributed by atoms with Crippen molar-refractivity contribution in [2.45, 2.75) is 42.9 Å². The second-order valence-corrected chi connectivity index (χ2v) is 6.62. The predicted molar refractivity (Wildman–Crippen MR) is 97.8 cm³/mol. The summed E-state index contributed by atoms with van der Waals surface area (Å²) in [5.74, 6) is -2.41. The van der Waals surface area contributed by atoms with Crippen molar-refractivity contribution in [3.63, 3.8) is 0 Å². The molecule has 0 radical (unpaired) electrons. The standard InChI is InChI=1S/C12H16O7.C6H8O6/c13-5-8-9(15)10(16)11(17)12(19-8)18-7-3-1-6(14)2-4-7;7-1-2(8)5-3(9)4(10)6(11)12-5/h1-4,8-17H,5H2;2,5,7-10H,1H2/t8-,9-,10+,11-,12-;2-,5+/m10/s1. The first-order chi connectivity index (χ1) is 14.6. The van der Waals surface area contributed by atoms with Crippen molar-refractivity contribution in [2.24, 2.45) is 0 Å². The van der Waals surface area contributed by atoms with Gasteiger partial charge in [0.25, 0.3) is 0 Å². The van der Waals surface area contributed by atoms with Crippen LogP contribution in [0.5, 0.6) is 11.5 Å². The number of carbonyl (C=O) groups excluding carboxylic acids is 1. The minimum atomic E-state index is -1.48. The lowest BCUT2D eigenvalue weighted by Gasteiger charge is -2.39. The third-order valence-electron chi connectivity index (χ3n) is 4.41. The highest BCUT2D eigenvalue weighted by atomic mass is 16.7. The third kappa shape index (κ3) is 5.74. The maximum Gasteiger partial charge on any atom is 0.377 e. The zero-order valence-corrected chi connectivity index (χ0v) is 15.9. The van der Waals surface area contributed by atoms with Gasteiger partial charge in [-0.15, -0.1) is 0 Å². The van der Waals surface area contributed by atoms with E-state index < -0.39 is 73.6 Å². The van der Waals surface area contributed by atoms with Gasteiger partial charge in [-0.1, -0.05) is 0 Å². The average Bonchev–Trinajstić information content (AvgIpc) is 3.02. The highest BCUT2D eigenvalue weighted by Gasteiger charge is 2.44. The van der Waals surface area contributed by atoms with Crippen LogP contribution >= 0.6 is 0 Å². The molecule has 2 heterocycles. The first-order valence-corrected chi connectivity index (χ1v) is 8.98. The second kappa shape index (κ2) is 10.6. The summed E-state index contributed by atoms with van der Waals surface area (Å²) in [4.78, 5) is 10.5. The van der Waals surface area contributed by atoms with Gasteiger partial charge in [-0.3, -0.25) is 0 Å². The molecule has 0 spiro atoms. The van der Waals surface area contributed by atoms with E-state index in [0.717, 1.165) is 0 Å². The van der Waals surface area contributed by atoms with Gasteiger partial charge in [0, 0.05) is 0 Å². The number of aliphatic hydroxyl groups is 8. The molecule has 0 amide bonds. The summed E-state index contributed by atoms with van der Waals surface area (Å²) in [6.45, 7) is -1.18. The first kappa shape index (κ1) is 24.6. The predicted octanol–water partition coefficient (Wildman–Crippen LogP) is -2.84. The smallest absolute Gasteiger partial charge is 0.377 e. The molecule has 0 bridgehead atoms. The van der Waals surface area contributed by atoms with Crippen molar-refractivity contribution < 1.29 is 65.0 Å². The Hall–Kier alpha value is -2.65. The Balaban J connectivity index is 0.000000245. The largest absolute Gasteiger partial charge is 0.508 e. The summed E-state index contributed by atoms with van der Waals surface area (Å²) < 4.78 is 14.8. The van der Waals surface area contributed by atoms with Gasteiger partial charge in [-0.25, -0.2) is 4.79 Å². The SMILES string of the molecule is O=C1O[C@H]([C@@H](O)CO)C(O)=C1O.OC[C@H]1O[C@@H](Oc2ccc(O)cc2)[C@H](O)[C@@H](O)[C@@H]1O. The molecule has 0 saturated carbocycles. The summed E-state index contributed by atoms with van der Waals surface area (Å²) in [5.41, 5.74) is 0. The number of aromatic hydroxyl groups is 1. The fourth-order valence-electron chi connectivity index (χ4n) is 2.65. The fourth-order valence-corrected chi connectivity index (χ4v) is 2.65. The first-order valence-electron chi connectivity index (χ1n) is 8.98. The molecule has 1 aromatic rings. The van der Waals surface area contributed by atoms with Gasteiger partial charge in [0.1, 0.15) is 42.0 Å². The Morgan fingerprint density at radius 2 is 1.58 bits per heavy atom. The Morgan fingerprint density at radius 3 is 2.06 bits per heavy atom. The number of esters is 1. The lowest BCUT2D eigenvalue weighted by molar-refractivity contribution is -0.277. The summed E-state index contributed by atoms with van der Waals surface area (Å²) >= 11 is 0. The van der Waals surface area contributed by atoms with E-state index in [4.69, 9.17) is 40.1 Å². The van der Waals surface area contributed by atoms with Crippen LogP contribution in [-0.2, 0) is 14.3 Å². The topological polar surface area (TPSA) is 227 Å². The normalized spacial score (nSPS) is 31.5. The number of phenolic OH excluding ortho intramolecular Hbond substituents is 1. The molecule has 0 aliphatic carbocycles. The Bertz CT molecular complexity index is 762. The van der Waals surface area contributed by atoms with Crippen LogP contribution in [0.3, 0.4) is 0 Å². The van der Waals surface area contributed by atoms with Crippen molar-refractivity contribution in [2.75, 3.05) is 13.2 Å². The molecular weight excluding hydrogens is 424 g/mol. The van der Waals surface area contributed by atoms with Crippen LogP contribution in [0, 0.1) is 0 Å². The minimum absolute atomic E-state index is 0.0566. The quantitative estimate of drug-likeness (QED) is 0.207. The molecule has 2 aliphatic rings. The molecule has 1 aromatic carbocycles. The third-order valence-corrected chi connectivity index (χ3v) is 4.41. The van der Waals surface area contributed by atoms with Gasteiger partial charge in [0.05, 0.1) is 13.2 Å². The zero-order chi connectivity index (χ0) is 23.3. The number of ether oxygens (including phenoxy) is 3. The summed E-state index contributed by atoms with van der Waals surface area (Å²) in [7, 11) is 0. The molecule has 31 heavy (non-hydrogen) atoms. The molecule has 1 saturated heterocycles. The van der Waals surface area contributed by atoms with Crippen LogP contribution in [0.4, 0.5) is 0 Å². The van der Waals surface area contributed by atoms with Gasteiger partial charge >= 0.3 is 5.97 Å². The summed E-state index contributed by atoms with van der Waals surface area (Å²) in [5, 5.41) is 82.1. The van der Waals surface area contributed by atoms with E-state index in [0.29, 0.717) is 5.75 Å². The van der Waals surface area contributed by atoms with Crippen LogP contribution in [0.15, 0.2) is 35.8 Å². The maximum absolute atomic E-state index is 10.5. The fraction of sp³-hybridized carbons (Fsp3) is 0.500. The van der Waals surface area contributed by atoms with E-state index in [2.05, 4.69) is 4.74 Å². The monoisotopic (exact) mass is 448 g/mol. The second-order valence-electron chi connectivity index (χ2n) is 6.62. The number of benzene rings is 1. The van der Waals surface area contributed by atoms with Crippen molar-refractivity contribution in [1.82, 2.24) is 0 Å². The summed E-state index contributed by atoms with van der Waals surface area (Å²) in [6.07, 6.45) is -9.36. The number of cyclic esters (lactones) is 1. The maximum atomic E-state index is 10.5. The van der Waals surface area contributed by atoms with Crippen molar-refractivity contribution in [1.29, 1.82) is 0 Å². The lowest BCUT2D eigenvalue weighted by atomic mass is 9.99. The van der Waals surface area contributed by atoms with E-state index in [-0.39, 0.29) is 5.75 Å². The van der Waals surface area contributed by atoms with E-state index in [1.807, 2.05) is 0 Å². The van der Waals surface area contributed by atoms with Crippen LogP contribution in [0.1, 0.15) is 0 Å². The van der Waals surface area contributed by atoms with Gasteiger partial charge < -0.3 is 60.2 Å². The molecule has 0 aromatic heterocycles.